The number of carbonyl (C=O) groups is 2. The molecule has 0 radical (unpaired) electrons. The molecule has 0 saturated heterocycles. The lowest BCUT2D eigenvalue weighted by atomic mass is 10.1. The fourth-order valence-corrected chi connectivity index (χ4v) is 3.46. The number of hydrogen-bond donors (Lipinski definition) is 4. The first-order chi connectivity index (χ1) is 19.1. The van der Waals surface area contributed by atoms with Gasteiger partial charge in [0, 0.05) is 11.1 Å². The molecule has 4 aromatic heterocycles. The van der Waals surface area contributed by atoms with Crippen LogP contribution in [0.3, 0.4) is 0 Å². The number of fused-ring (bicyclic) bond motifs is 2. The highest BCUT2D eigenvalue weighted by Gasteiger charge is 2.17. The van der Waals surface area contributed by atoms with Gasteiger partial charge >= 0.3 is 0 Å². The molecule has 0 aliphatic heterocycles. The Morgan fingerprint density at radius 3 is 1.51 bits per heavy atom. The van der Waals surface area contributed by atoms with Crippen LogP contribution in [0.2, 0.25) is 0 Å². The highest BCUT2D eigenvalue weighted by atomic mass is 16.2. The van der Waals surface area contributed by atoms with Crippen LogP contribution in [0, 0.1) is 0 Å². The van der Waals surface area contributed by atoms with Crippen LogP contribution in [0.25, 0.3) is 34.1 Å². The van der Waals surface area contributed by atoms with Crippen LogP contribution in [0.5, 0.6) is 0 Å². The number of nitrogens with one attached hydrogen (secondary N) is 4. The maximum Gasteiger partial charge on any atom is 0.293 e. The van der Waals surface area contributed by atoms with Gasteiger partial charge in [-0.15, -0.1) is 10.2 Å². The third kappa shape index (κ3) is 4.91. The lowest BCUT2D eigenvalue weighted by molar-refractivity contribution is -0.128. The van der Waals surface area contributed by atoms with E-state index in [2.05, 4.69) is 72.9 Å². The second-order valence-corrected chi connectivity index (χ2v) is 7.81. The third-order valence-corrected chi connectivity index (χ3v) is 5.19. The van der Waals surface area contributed by atoms with Crippen LogP contribution >= 0.6 is 0 Å². The van der Waals surface area contributed by atoms with E-state index in [1.54, 1.807) is 0 Å². The number of benzene rings is 2. The van der Waals surface area contributed by atoms with Crippen LogP contribution in [0.1, 0.15) is 6.42 Å². The van der Waals surface area contributed by atoms with Gasteiger partial charge in [0.25, 0.3) is 11.6 Å². The van der Waals surface area contributed by atoms with Gasteiger partial charge in [-0.25, -0.2) is 0 Å². The van der Waals surface area contributed by atoms with E-state index in [-0.39, 0.29) is 23.2 Å². The molecule has 4 heterocycles. The molecule has 6 aromatic rings. The Kier molecular flexibility index (Phi) is 5.98. The molecule has 0 aliphatic carbocycles. The number of nitrogens with zero attached hydrogens (tertiary/aromatic N) is 12. The highest BCUT2D eigenvalue weighted by Crippen LogP contribution is 2.24. The SMILES string of the molecule is O=C(CC(=O)NNc1nc2nnnn2nc1-c1ccccc1)NNc1nc2nnnn2nc1-c1ccccc1. The molecule has 6 rings (SSSR count). The second-order valence-electron chi connectivity index (χ2n) is 7.81. The second kappa shape index (κ2) is 10.0. The van der Waals surface area contributed by atoms with E-state index in [4.69, 9.17) is 0 Å². The summed E-state index contributed by atoms with van der Waals surface area (Å²) in [5.74, 6) is -0.698. The minimum Gasteiger partial charge on any atom is -0.280 e. The van der Waals surface area contributed by atoms with Gasteiger partial charge in [0.1, 0.15) is 17.8 Å². The van der Waals surface area contributed by atoms with E-state index < -0.39 is 18.2 Å². The minimum absolute atomic E-state index is 0.114. The van der Waals surface area contributed by atoms with Crippen molar-refractivity contribution in [2.24, 2.45) is 0 Å². The quantitative estimate of drug-likeness (QED) is 0.145. The average molecular weight is 524 g/mol. The summed E-state index contributed by atoms with van der Waals surface area (Å²) in [4.78, 5) is 33.6. The Bertz CT molecular complexity index is 1650. The van der Waals surface area contributed by atoms with Crippen molar-refractivity contribution in [3.63, 3.8) is 0 Å². The molecule has 0 unspecified atom stereocenters. The molecular weight excluding hydrogens is 508 g/mol. The smallest absolute Gasteiger partial charge is 0.280 e. The van der Waals surface area contributed by atoms with Crippen LogP contribution in [-0.4, -0.2) is 72.3 Å². The number of hydrazine groups is 2. The molecule has 39 heavy (non-hydrogen) atoms. The van der Waals surface area contributed by atoms with Crippen LogP contribution < -0.4 is 21.7 Å². The molecule has 0 saturated carbocycles. The molecule has 0 fully saturated rings. The van der Waals surface area contributed by atoms with Crippen molar-refractivity contribution in [2.75, 3.05) is 10.9 Å². The zero-order valence-electron chi connectivity index (χ0n) is 19.7. The molecule has 0 aliphatic rings. The lowest BCUT2D eigenvalue weighted by Crippen LogP contribution is -2.37. The Labute approximate surface area is 216 Å². The summed E-state index contributed by atoms with van der Waals surface area (Å²) in [6.07, 6.45) is -0.536. The Balaban J connectivity index is 1.12. The van der Waals surface area contributed by atoms with Gasteiger partial charge in [-0.05, 0) is 20.9 Å². The summed E-state index contributed by atoms with van der Waals surface area (Å²) in [5, 5.41) is 30.8. The topological polar surface area (TPSA) is 220 Å². The number of amides is 2. The maximum atomic E-state index is 12.5. The largest absolute Gasteiger partial charge is 0.293 e. The summed E-state index contributed by atoms with van der Waals surface area (Å²) < 4.78 is 2.32. The van der Waals surface area contributed by atoms with Crippen molar-refractivity contribution >= 4 is 35.0 Å². The fraction of sp³-hybridized carbons (Fsp3) is 0.0476. The molecule has 2 amide bonds. The van der Waals surface area contributed by atoms with Crippen molar-refractivity contribution < 1.29 is 9.59 Å². The van der Waals surface area contributed by atoms with Crippen molar-refractivity contribution in [3.8, 4) is 22.5 Å². The van der Waals surface area contributed by atoms with E-state index in [1.807, 2.05) is 60.7 Å². The molecule has 18 nitrogen and oxygen atoms in total. The summed E-state index contributed by atoms with van der Waals surface area (Å²) in [6, 6.07) is 18.2. The molecule has 0 spiro atoms. The summed E-state index contributed by atoms with van der Waals surface area (Å²) in [5.41, 5.74) is 12.4. The molecule has 192 valence electrons. The summed E-state index contributed by atoms with van der Waals surface area (Å²) >= 11 is 0. The number of hydrogen-bond acceptors (Lipinski definition) is 14. The maximum absolute atomic E-state index is 12.5. The highest BCUT2D eigenvalue weighted by molar-refractivity contribution is 5.98. The zero-order valence-corrected chi connectivity index (χ0v) is 19.7. The first kappa shape index (κ1) is 23.2. The van der Waals surface area contributed by atoms with Gasteiger partial charge in [-0.3, -0.25) is 31.3 Å². The minimum atomic E-state index is -0.652. The number of aromatic nitrogens is 12. The number of tetrazole rings is 2. The number of anilines is 2. The molecule has 4 N–H and O–H groups in total. The standard InChI is InChI=1S/C21H16N16O2/c38-14(24-26-18-16(12-7-3-1-4-8-12)30-36-20(22-18)28-32-34-36)11-15(39)25-27-19-17(13-9-5-2-6-10-13)31-37-21(23-19)29-33-35-37/h1-10H,11H2,(H,24,38)(H,25,39)(H,22,26,28,34)(H,23,27,29,35). The van der Waals surface area contributed by atoms with Crippen molar-refractivity contribution in [3.05, 3.63) is 60.7 Å². The Hall–Kier alpha value is -6.20. The van der Waals surface area contributed by atoms with Gasteiger partial charge < -0.3 is 0 Å². The van der Waals surface area contributed by atoms with Crippen molar-refractivity contribution in [2.45, 2.75) is 6.42 Å². The first-order valence-corrected chi connectivity index (χ1v) is 11.3. The number of carbonyl (C=O) groups excluding carboxylic acids is 2. The average Bonchev–Trinajstić information content (AvgIpc) is 3.63. The van der Waals surface area contributed by atoms with Crippen molar-refractivity contribution in [1.29, 1.82) is 0 Å². The van der Waals surface area contributed by atoms with Gasteiger partial charge in [0.05, 0.1) is 0 Å². The van der Waals surface area contributed by atoms with Crippen LogP contribution in [0.4, 0.5) is 11.6 Å². The van der Waals surface area contributed by atoms with Crippen molar-refractivity contribution in [1.82, 2.24) is 71.3 Å². The third-order valence-electron chi connectivity index (χ3n) is 5.19. The number of rotatable bonds is 8. The lowest BCUT2D eigenvalue weighted by Gasteiger charge is -2.12. The molecule has 0 bridgehead atoms. The van der Waals surface area contributed by atoms with E-state index in [0.29, 0.717) is 22.5 Å². The van der Waals surface area contributed by atoms with Crippen LogP contribution in [0.15, 0.2) is 60.7 Å². The van der Waals surface area contributed by atoms with Gasteiger partial charge in [0.15, 0.2) is 11.6 Å². The van der Waals surface area contributed by atoms with E-state index in [0.717, 1.165) is 9.26 Å². The predicted octanol–water partition coefficient (Wildman–Crippen LogP) is -0.547. The molecule has 0 atom stereocenters. The predicted molar refractivity (Wildman–Crippen MR) is 132 cm³/mol. The molecule has 2 aromatic carbocycles. The first-order valence-electron chi connectivity index (χ1n) is 11.3. The molecular formula is C21H16N16O2. The van der Waals surface area contributed by atoms with E-state index in [9.17, 15) is 9.59 Å². The van der Waals surface area contributed by atoms with Gasteiger partial charge in [-0.2, -0.15) is 9.97 Å². The van der Waals surface area contributed by atoms with E-state index in [1.165, 1.54) is 0 Å². The zero-order chi connectivity index (χ0) is 26.6. The summed E-state index contributed by atoms with van der Waals surface area (Å²) in [7, 11) is 0. The monoisotopic (exact) mass is 524 g/mol. The van der Waals surface area contributed by atoms with Gasteiger partial charge in [0.2, 0.25) is 11.8 Å². The fourth-order valence-electron chi connectivity index (χ4n) is 3.46. The normalized spacial score (nSPS) is 10.9. The van der Waals surface area contributed by atoms with Crippen LogP contribution in [-0.2, 0) is 9.59 Å². The van der Waals surface area contributed by atoms with E-state index >= 15 is 0 Å². The Morgan fingerprint density at radius 2 is 1.08 bits per heavy atom. The summed E-state index contributed by atoms with van der Waals surface area (Å²) in [6.45, 7) is 0. The van der Waals surface area contributed by atoms with Gasteiger partial charge in [-0.1, -0.05) is 80.1 Å². The molecule has 18 heteroatoms. The Morgan fingerprint density at radius 1 is 0.641 bits per heavy atom.